The standard InChI is InChI=1S/C12H22N2O.ClH/c1-8-3-9(2)5-11(4-8)14-12(15)10-6-13-7-10;/h8-11,13H,3-7H2,1-2H3,(H,14,15);1H. The fraction of sp³-hybridized carbons (Fsp3) is 0.917. The van der Waals surface area contributed by atoms with Crippen molar-refractivity contribution in [2.75, 3.05) is 13.1 Å². The van der Waals surface area contributed by atoms with Crippen LogP contribution in [0, 0.1) is 17.8 Å². The minimum Gasteiger partial charge on any atom is -0.353 e. The van der Waals surface area contributed by atoms with Crippen LogP contribution in [0.5, 0.6) is 0 Å². The van der Waals surface area contributed by atoms with Crippen LogP contribution in [0.4, 0.5) is 0 Å². The molecule has 1 saturated carbocycles. The molecule has 1 saturated heterocycles. The monoisotopic (exact) mass is 246 g/mol. The Morgan fingerprint density at radius 3 is 2.12 bits per heavy atom. The summed E-state index contributed by atoms with van der Waals surface area (Å²) >= 11 is 0. The zero-order chi connectivity index (χ0) is 10.8. The molecule has 1 heterocycles. The van der Waals surface area contributed by atoms with E-state index in [4.69, 9.17) is 0 Å². The van der Waals surface area contributed by atoms with Crippen molar-refractivity contribution in [2.45, 2.75) is 39.2 Å². The highest BCUT2D eigenvalue weighted by Crippen LogP contribution is 2.28. The van der Waals surface area contributed by atoms with Crippen molar-refractivity contribution in [3.8, 4) is 0 Å². The van der Waals surface area contributed by atoms with E-state index in [2.05, 4.69) is 24.5 Å². The second-order valence-corrected chi connectivity index (χ2v) is 5.48. The summed E-state index contributed by atoms with van der Waals surface area (Å²) in [6.45, 7) is 6.31. The molecule has 0 aromatic carbocycles. The third-order valence-electron chi connectivity index (χ3n) is 3.68. The molecule has 0 radical (unpaired) electrons. The van der Waals surface area contributed by atoms with Crippen LogP contribution in [-0.2, 0) is 4.79 Å². The maximum Gasteiger partial charge on any atom is 0.225 e. The van der Waals surface area contributed by atoms with Crippen molar-refractivity contribution in [3.63, 3.8) is 0 Å². The van der Waals surface area contributed by atoms with Gasteiger partial charge >= 0.3 is 0 Å². The number of rotatable bonds is 2. The van der Waals surface area contributed by atoms with Gasteiger partial charge in [0, 0.05) is 19.1 Å². The maximum absolute atomic E-state index is 11.8. The number of halogens is 1. The van der Waals surface area contributed by atoms with E-state index < -0.39 is 0 Å². The molecule has 2 N–H and O–H groups in total. The van der Waals surface area contributed by atoms with Gasteiger partial charge in [0.25, 0.3) is 0 Å². The van der Waals surface area contributed by atoms with Gasteiger partial charge < -0.3 is 10.6 Å². The summed E-state index contributed by atoms with van der Waals surface area (Å²) < 4.78 is 0. The fourth-order valence-electron chi connectivity index (χ4n) is 2.86. The molecule has 2 fully saturated rings. The zero-order valence-corrected chi connectivity index (χ0v) is 11.0. The Kier molecular flexibility index (Phi) is 5.06. The summed E-state index contributed by atoms with van der Waals surface area (Å²) in [7, 11) is 0. The Balaban J connectivity index is 0.00000128. The molecule has 3 nitrogen and oxygen atoms in total. The average Bonchev–Trinajstić information content (AvgIpc) is 1.96. The summed E-state index contributed by atoms with van der Waals surface area (Å²) in [4.78, 5) is 11.8. The smallest absolute Gasteiger partial charge is 0.225 e. The molecule has 1 aliphatic carbocycles. The highest BCUT2D eigenvalue weighted by molar-refractivity contribution is 5.85. The Hall–Kier alpha value is -0.280. The molecule has 0 aromatic rings. The van der Waals surface area contributed by atoms with Gasteiger partial charge in [-0.3, -0.25) is 4.79 Å². The molecule has 1 aliphatic heterocycles. The molecule has 0 bridgehead atoms. The Morgan fingerprint density at radius 1 is 1.12 bits per heavy atom. The lowest BCUT2D eigenvalue weighted by Gasteiger charge is -2.34. The number of hydrogen-bond acceptors (Lipinski definition) is 2. The predicted octanol–water partition coefficient (Wildman–Crippen LogP) is 1.57. The Labute approximate surface area is 104 Å². The first-order chi connectivity index (χ1) is 7.15. The highest BCUT2D eigenvalue weighted by atomic mass is 35.5. The quantitative estimate of drug-likeness (QED) is 0.777. The van der Waals surface area contributed by atoms with Crippen molar-refractivity contribution >= 4 is 18.3 Å². The molecular weight excluding hydrogens is 224 g/mol. The second kappa shape index (κ2) is 5.87. The lowest BCUT2D eigenvalue weighted by Crippen LogP contribution is -2.53. The van der Waals surface area contributed by atoms with E-state index in [0.29, 0.717) is 6.04 Å². The molecule has 2 aliphatic rings. The van der Waals surface area contributed by atoms with E-state index in [9.17, 15) is 4.79 Å². The molecule has 4 heteroatoms. The molecule has 94 valence electrons. The largest absolute Gasteiger partial charge is 0.353 e. The number of nitrogens with one attached hydrogen (secondary N) is 2. The second-order valence-electron chi connectivity index (χ2n) is 5.48. The van der Waals surface area contributed by atoms with E-state index in [1.54, 1.807) is 0 Å². The van der Waals surface area contributed by atoms with Crippen molar-refractivity contribution in [3.05, 3.63) is 0 Å². The first kappa shape index (κ1) is 13.8. The van der Waals surface area contributed by atoms with Crippen LogP contribution in [0.1, 0.15) is 33.1 Å². The van der Waals surface area contributed by atoms with Crippen LogP contribution in [0.15, 0.2) is 0 Å². The summed E-state index contributed by atoms with van der Waals surface area (Å²) in [6.07, 6.45) is 3.64. The number of hydrogen-bond donors (Lipinski definition) is 2. The van der Waals surface area contributed by atoms with E-state index in [1.165, 1.54) is 6.42 Å². The normalized spacial score (nSPS) is 34.8. The summed E-state index contributed by atoms with van der Waals surface area (Å²) in [5.41, 5.74) is 0. The molecule has 0 spiro atoms. The summed E-state index contributed by atoms with van der Waals surface area (Å²) in [5, 5.41) is 6.34. The van der Waals surface area contributed by atoms with Crippen LogP contribution in [0.2, 0.25) is 0 Å². The van der Waals surface area contributed by atoms with Crippen LogP contribution >= 0.6 is 12.4 Å². The van der Waals surface area contributed by atoms with Gasteiger partial charge in [-0.25, -0.2) is 0 Å². The molecule has 2 atom stereocenters. The predicted molar refractivity (Wildman–Crippen MR) is 67.7 cm³/mol. The first-order valence-corrected chi connectivity index (χ1v) is 6.16. The molecule has 16 heavy (non-hydrogen) atoms. The third kappa shape index (κ3) is 3.36. The molecule has 0 aromatic heterocycles. The van der Waals surface area contributed by atoms with Gasteiger partial charge in [-0.05, 0) is 31.1 Å². The summed E-state index contributed by atoms with van der Waals surface area (Å²) in [6, 6.07) is 0.428. The number of amides is 1. The van der Waals surface area contributed by atoms with Crippen LogP contribution in [0.3, 0.4) is 0 Å². The van der Waals surface area contributed by atoms with Gasteiger partial charge in [0.2, 0.25) is 5.91 Å². The first-order valence-electron chi connectivity index (χ1n) is 6.16. The van der Waals surface area contributed by atoms with E-state index in [-0.39, 0.29) is 24.2 Å². The van der Waals surface area contributed by atoms with E-state index in [1.807, 2.05) is 0 Å². The molecule has 2 rings (SSSR count). The van der Waals surface area contributed by atoms with Gasteiger partial charge in [-0.2, -0.15) is 0 Å². The zero-order valence-electron chi connectivity index (χ0n) is 10.2. The third-order valence-corrected chi connectivity index (χ3v) is 3.68. The lowest BCUT2D eigenvalue weighted by molar-refractivity contribution is -0.127. The van der Waals surface area contributed by atoms with Gasteiger partial charge in [0.15, 0.2) is 0 Å². The minimum absolute atomic E-state index is 0. The maximum atomic E-state index is 11.8. The average molecular weight is 247 g/mol. The van der Waals surface area contributed by atoms with Gasteiger partial charge in [0.1, 0.15) is 0 Å². The lowest BCUT2D eigenvalue weighted by atomic mass is 9.80. The van der Waals surface area contributed by atoms with Crippen molar-refractivity contribution < 1.29 is 4.79 Å². The van der Waals surface area contributed by atoms with Crippen molar-refractivity contribution in [1.82, 2.24) is 10.6 Å². The van der Waals surface area contributed by atoms with Gasteiger partial charge in [-0.15, -0.1) is 12.4 Å². The SMILES string of the molecule is CC1CC(C)CC(NC(=O)C2CNC2)C1.Cl. The Bertz CT molecular complexity index is 233. The van der Waals surface area contributed by atoms with Gasteiger partial charge in [0.05, 0.1) is 5.92 Å². The minimum atomic E-state index is 0. The van der Waals surface area contributed by atoms with E-state index in [0.717, 1.165) is 37.8 Å². The van der Waals surface area contributed by atoms with Gasteiger partial charge in [-0.1, -0.05) is 13.8 Å². The number of carbonyl (C=O) groups excluding carboxylic acids is 1. The molecule has 2 unspecified atom stereocenters. The summed E-state index contributed by atoms with van der Waals surface area (Å²) in [5.74, 6) is 2.02. The van der Waals surface area contributed by atoms with E-state index >= 15 is 0 Å². The topological polar surface area (TPSA) is 41.1 Å². The van der Waals surface area contributed by atoms with Crippen molar-refractivity contribution in [1.29, 1.82) is 0 Å². The van der Waals surface area contributed by atoms with Crippen LogP contribution in [0.25, 0.3) is 0 Å². The highest BCUT2D eigenvalue weighted by Gasteiger charge is 2.29. The van der Waals surface area contributed by atoms with Crippen molar-refractivity contribution in [2.24, 2.45) is 17.8 Å². The number of carbonyl (C=O) groups is 1. The fourth-order valence-corrected chi connectivity index (χ4v) is 2.86. The van der Waals surface area contributed by atoms with Crippen LogP contribution < -0.4 is 10.6 Å². The van der Waals surface area contributed by atoms with Crippen LogP contribution in [-0.4, -0.2) is 25.0 Å². The molecular formula is C12H23ClN2O. The Morgan fingerprint density at radius 2 is 1.69 bits per heavy atom. The molecule has 1 amide bonds.